The molecule has 0 unspecified atom stereocenters. The van der Waals surface area contributed by atoms with Gasteiger partial charge < -0.3 is 44.7 Å². The summed E-state index contributed by atoms with van der Waals surface area (Å²) in [6.07, 6.45) is 4.31. The second-order valence-corrected chi connectivity index (χ2v) is 18.2. The maximum Gasteiger partial charge on any atom is 0.322 e. The fourth-order valence-electron chi connectivity index (χ4n) is 8.99. The molecule has 0 radical (unpaired) electrons. The molecule has 4 aromatic rings. The standard InChI is InChI=1S/C48H64N8O8/c1-10-40(57)55-21-18-31(26-55)46(60)54(8)42(28(3)4)45(59)52-37-23-32-24-39(64-53-32)30-16-17-38-34(22-30)35(43(56(38)11-2)33-14-12-19-50-41(33)29(5)62-9)25-48(6,7)27-63-47(61)36(49)15-13-20-51-44(37)58/h10,12,14,16-17,19,22,24,28-29,31,36-37,42H,1,11,13,15,18,20-21,23,25-27,49H2,2-9H3,(H,51,58)(H,52,59)/t29-,31-,36-,37-,42-/m0/s1. The highest BCUT2D eigenvalue weighted by atomic mass is 16.5. The van der Waals surface area contributed by atoms with Crippen LogP contribution in [0.4, 0.5) is 0 Å². The quantitative estimate of drug-likeness (QED) is 0.143. The van der Waals surface area contributed by atoms with Gasteiger partial charge in [-0.25, -0.2) is 0 Å². The molecule has 344 valence electrons. The van der Waals surface area contributed by atoms with Gasteiger partial charge in [0.15, 0.2) is 5.76 Å². The SMILES string of the molecule is C=CC(=O)N1CC[C@H](C(=O)N(C)[C@H](C(=O)N[C@H]2Cc3cc(on3)-c3ccc4c(c3)c(c(-c3cccnc3[C@H](C)OC)n4CC)CC(C)(C)COC(=O)[C@@H](N)CCCNC2=O)C(C)C)C1. The van der Waals surface area contributed by atoms with Crippen LogP contribution < -0.4 is 16.4 Å². The van der Waals surface area contributed by atoms with Gasteiger partial charge in [-0.3, -0.25) is 29.0 Å². The average molecular weight is 881 g/mol. The van der Waals surface area contributed by atoms with Crippen LogP contribution in [-0.2, 0) is 52.8 Å². The molecule has 0 aliphatic carbocycles. The number of esters is 1. The molecule has 4 amide bonds. The average Bonchev–Trinajstić information content (AvgIpc) is 4.03. The predicted molar refractivity (Wildman–Crippen MR) is 242 cm³/mol. The number of carbonyl (C=O) groups is 5. The number of hydrogen-bond donors (Lipinski definition) is 3. The number of fused-ring (bicyclic) bond motifs is 4. The molecule has 4 N–H and O–H groups in total. The Labute approximate surface area is 375 Å². The van der Waals surface area contributed by atoms with Crippen molar-refractivity contribution >= 4 is 40.5 Å². The molecule has 3 aromatic heterocycles. The van der Waals surface area contributed by atoms with Crippen LogP contribution in [0.3, 0.4) is 0 Å². The maximum atomic E-state index is 14.2. The highest BCUT2D eigenvalue weighted by molar-refractivity contribution is 5.96. The van der Waals surface area contributed by atoms with Gasteiger partial charge in [-0.15, -0.1) is 0 Å². The van der Waals surface area contributed by atoms with Crippen LogP contribution in [0.5, 0.6) is 0 Å². The van der Waals surface area contributed by atoms with E-state index in [2.05, 4.69) is 65.9 Å². The summed E-state index contributed by atoms with van der Waals surface area (Å²) in [6.45, 7) is 17.0. The van der Waals surface area contributed by atoms with Crippen molar-refractivity contribution in [2.24, 2.45) is 23.0 Å². The number of methoxy groups -OCH3 is 1. The van der Waals surface area contributed by atoms with E-state index in [0.717, 1.165) is 39.0 Å². The van der Waals surface area contributed by atoms with Crippen LogP contribution in [0.2, 0.25) is 0 Å². The number of amides is 4. The van der Waals surface area contributed by atoms with Crippen LogP contribution >= 0.6 is 0 Å². The largest absolute Gasteiger partial charge is 0.464 e. The van der Waals surface area contributed by atoms with E-state index in [9.17, 15) is 24.0 Å². The molecular weight excluding hydrogens is 817 g/mol. The van der Waals surface area contributed by atoms with E-state index in [1.54, 1.807) is 31.3 Å². The van der Waals surface area contributed by atoms with E-state index in [0.29, 0.717) is 43.8 Å². The lowest BCUT2D eigenvalue weighted by molar-refractivity contribution is -0.148. The summed E-state index contributed by atoms with van der Waals surface area (Å²) in [7, 11) is 3.24. The lowest BCUT2D eigenvalue weighted by Crippen LogP contribution is -2.57. The lowest BCUT2D eigenvalue weighted by atomic mass is 9.84. The van der Waals surface area contributed by atoms with E-state index in [-0.39, 0.29) is 56.4 Å². The first-order chi connectivity index (χ1) is 30.5. The Morgan fingerprint density at radius 1 is 1.16 bits per heavy atom. The number of nitrogens with one attached hydrogen (secondary N) is 2. The summed E-state index contributed by atoms with van der Waals surface area (Å²) in [6, 6.07) is 8.90. The van der Waals surface area contributed by atoms with Gasteiger partial charge in [0.25, 0.3) is 0 Å². The molecule has 16 heteroatoms. The molecule has 0 spiro atoms. The predicted octanol–water partition coefficient (Wildman–Crippen LogP) is 4.98. The van der Waals surface area contributed by atoms with Gasteiger partial charge in [0.2, 0.25) is 23.6 Å². The molecule has 1 fully saturated rings. The number of benzene rings is 1. The number of carbonyl (C=O) groups excluding carboxylic acids is 5. The van der Waals surface area contributed by atoms with Crippen molar-refractivity contribution in [2.45, 2.75) is 104 Å². The van der Waals surface area contributed by atoms with Gasteiger partial charge in [-0.05, 0) is 87.4 Å². The Hall–Kier alpha value is -5.87. The smallest absolute Gasteiger partial charge is 0.322 e. The summed E-state index contributed by atoms with van der Waals surface area (Å²) in [5, 5.41) is 11.2. The Kier molecular flexibility index (Phi) is 15.1. The number of ether oxygens (including phenoxy) is 2. The third kappa shape index (κ3) is 10.4. The zero-order chi connectivity index (χ0) is 46.5. The molecule has 1 saturated heterocycles. The van der Waals surface area contributed by atoms with E-state index in [4.69, 9.17) is 24.7 Å². The first-order valence-corrected chi connectivity index (χ1v) is 22.3. The van der Waals surface area contributed by atoms with Crippen LogP contribution in [0.15, 0.2) is 59.8 Å². The number of pyridine rings is 1. The molecular formula is C48H64N8O8. The maximum absolute atomic E-state index is 14.2. The van der Waals surface area contributed by atoms with Gasteiger partial charge in [-0.1, -0.05) is 39.4 Å². The Bertz CT molecular complexity index is 2370. The van der Waals surface area contributed by atoms with Gasteiger partial charge in [0, 0.05) is 86.5 Å². The summed E-state index contributed by atoms with van der Waals surface area (Å²) in [4.78, 5) is 75.2. The minimum atomic E-state index is -1.10. The van der Waals surface area contributed by atoms with Crippen LogP contribution in [-0.4, -0.2) is 113 Å². The van der Waals surface area contributed by atoms with Crippen LogP contribution in [0, 0.1) is 17.3 Å². The highest BCUT2D eigenvalue weighted by Crippen LogP contribution is 2.42. The first-order valence-electron chi connectivity index (χ1n) is 22.3. The van der Waals surface area contributed by atoms with E-state index < -0.39 is 47.2 Å². The molecule has 5 heterocycles. The number of likely N-dealkylation sites (N-methyl/N-ethyl adjacent to an activating group) is 1. The number of nitrogens with two attached hydrogens (primary N) is 1. The second-order valence-electron chi connectivity index (χ2n) is 18.2. The summed E-state index contributed by atoms with van der Waals surface area (Å²) < 4.78 is 19.9. The molecule has 2 aliphatic rings. The van der Waals surface area contributed by atoms with Crippen molar-refractivity contribution in [2.75, 3.05) is 40.4 Å². The molecule has 6 rings (SSSR count). The van der Waals surface area contributed by atoms with Crippen molar-refractivity contribution in [1.82, 2.24) is 35.1 Å². The van der Waals surface area contributed by atoms with Crippen LogP contribution in [0.1, 0.15) is 83.9 Å². The Morgan fingerprint density at radius 2 is 1.92 bits per heavy atom. The topological polar surface area (TPSA) is 204 Å². The lowest BCUT2D eigenvalue weighted by Gasteiger charge is -2.33. The van der Waals surface area contributed by atoms with Crippen LogP contribution in [0.25, 0.3) is 33.5 Å². The second kappa shape index (κ2) is 20.3. The van der Waals surface area contributed by atoms with E-state index in [1.807, 2.05) is 32.9 Å². The molecule has 5 atom stereocenters. The first kappa shape index (κ1) is 47.6. The number of rotatable bonds is 10. The van der Waals surface area contributed by atoms with Crippen molar-refractivity contribution in [3.8, 4) is 22.6 Å². The highest BCUT2D eigenvalue weighted by Gasteiger charge is 2.39. The van der Waals surface area contributed by atoms with Crippen molar-refractivity contribution in [1.29, 1.82) is 0 Å². The molecule has 2 aliphatic heterocycles. The third-order valence-corrected chi connectivity index (χ3v) is 12.4. The normalized spacial score (nSPS) is 20.7. The van der Waals surface area contributed by atoms with E-state index >= 15 is 0 Å². The third-order valence-electron chi connectivity index (χ3n) is 12.4. The van der Waals surface area contributed by atoms with Gasteiger partial charge in [0.05, 0.1) is 35.7 Å². The number of likely N-dealkylation sites (tertiary alicyclic amines) is 1. The number of nitrogens with zero attached hydrogens (tertiary/aromatic N) is 5. The van der Waals surface area contributed by atoms with Crippen molar-refractivity contribution in [3.05, 3.63) is 72.2 Å². The zero-order valence-corrected chi connectivity index (χ0v) is 38.4. The van der Waals surface area contributed by atoms with E-state index in [1.165, 1.54) is 11.0 Å². The molecule has 16 nitrogen and oxygen atoms in total. The molecule has 4 bridgehead atoms. The van der Waals surface area contributed by atoms with Crippen molar-refractivity contribution in [3.63, 3.8) is 0 Å². The monoisotopic (exact) mass is 880 g/mol. The summed E-state index contributed by atoms with van der Waals surface area (Å²) in [5.41, 5.74) is 11.7. The molecule has 0 saturated carbocycles. The number of cyclic esters (lactones) is 1. The van der Waals surface area contributed by atoms with Crippen molar-refractivity contribution < 1.29 is 38.0 Å². The molecule has 1 aromatic carbocycles. The number of hydrogen-bond acceptors (Lipinski definition) is 11. The Morgan fingerprint density at radius 3 is 2.62 bits per heavy atom. The number of aryl methyl sites for hydroxylation is 1. The fourth-order valence-corrected chi connectivity index (χ4v) is 8.99. The summed E-state index contributed by atoms with van der Waals surface area (Å²) in [5.74, 6) is -2.36. The zero-order valence-electron chi connectivity index (χ0n) is 38.4. The summed E-state index contributed by atoms with van der Waals surface area (Å²) >= 11 is 0. The Balaban J connectivity index is 1.37. The minimum absolute atomic E-state index is 0.0177. The van der Waals surface area contributed by atoms with Gasteiger partial charge in [-0.2, -0.15) is 0 Å². The molecule has 64 heavy (non-hydrogen) atoms. The van der Waals surface area contributed by atoms with Gasteiger partial charge in [0.1, 0.15) is 18.1 Å². The number of aromatic nitrogens is 3. The fraction of sp³-hybridized carbons (Fsp3) is 0.521. The minimum Gasteiger partial charge on any atom is -0.464 e. The van der Waals surface area contributed by atoms with Gasteiger partial charge >= 0.3 is 5.97 Å².